The Morgan fingerprint density at radius 3 is 2.81 bits per heavy atom. The Hall–Kier alpha value is -2.64. The third kappa shape index (κ3) is 3.46. The Kier molecular flexibility index (Phi) is 5.10. The number of hydrogen-bond acceptors (Lipinski definition) is 6. The number of carbonyl (C=O) groups is 1. The van der Waals surface area contributed by atoms with E-state index in [2.05, 4.69) is 6.07 Å². The van der Waals surface area contributed by atoms with Crippen LogP contribution in [0.15, 0.2) is 29.2 Å². The van der Waals surface area contributed by atoms with Crippen molar-refractivity contribution in [2.24, 2.45) is 5.73 Å². The fraction of sp³-hybridized carbons (Fsp3) is 0.417. The minimum atomic E-state index is -0.575. The molecule has 2 heterocycles. The van der Waals surface area contributed by atoms with Gasteiger partial charge in [-0.1, -0.05) is 0 Å². The number of aromatic nitrogens is 1. The van der Waals surface area contributed by atoms with E-state index < -0.39 is 5.97 Å². The molecule has 7 heteroatoms. The first-order chi connectivity index (χ1) is 15.0. The molecule has 0 spiro atoms. The molecule has 0 bridgehead atoms. The molecule has 3 aromatic rings. The number of nitrogens with zero attached hydrogens (tertiary/aromatic N) is 1. The van der Waals surface area contributed by atoms with Crippen LogP contribution in [0.5, 0.6) is 5.75 Å². The van der Waals surface area contributed by atoms with Crippen molar-refractivity contribution in [3.8, 4) is 16.2 Å². The SMILES string of the molecule is CCOC(=O)c1cn(C2CC2)c2c(OC)c(-c3cc4c(s3)CCC(N)C4)ccc2c1=O. The summed E-state index contributed by atoms with van der Waals surface area (Å²) < 4.78 is 13.1. The number of methoxy groups -OCH3 is 1. The maximum Gasteiger partial charge on any atom is 0.343 e. The van der Waals surface area contributed by atoms with Crippen molar-refractivity contribution in [3.05, 3.63) is 50.6 Å². The highest BCUT2D eigenvalue weighted by atomic mass is 32.1. The third-order valence-corrected chi connectivity index (χ3v) is 7.44. The molecule has 0 radical (unpaired) electrons. The summed E-state index contributed by atoms with van der Waals surface area (Å²) in [4.78, 5) is 28.1. The van der Waals surface area contributed by atoms with Crippen LogP contribution in [-0.4, -0.2) is 30.3 Å². The Balaban J connectivity index is 1.72. The topological polar surface area (TPSA) is 83.6 Å². The number of thiophene rings is 1. The van der Waals surface area contributed by atoms with E-state index in [4.69, 9.17) is 15.2 Å². The molecule has 1 aromatic carbocycles. The maximum absolute atomic E-state index is 13.2. The highest BCUT2D eigenvalue weighted by Gasteiger charge is 2.30. The zero-order valence-corrected chi connectivity index (χ0v) is 18.6. The molecule has 2 aliphatic rings. The summed E-state index contributed by atoms with van der Waals surface area (Å²) in [5.74, 6) is 0.105. The summed E-state index contributed by atoms with van der Waals surface area (Å²) in [7, 11) is 1.64. The van der Waals surface area contributed by atoms with Crippen molar-refractivity contribution in [1.82, 2.24) is 4.57 Å². The number of pyridine rings is 1. The molecule has 1 unspecified atom stereocenters. The van der Waals surface area contributed by atoms with Crippen LogP contribution in [0.3, 0.4) is 0 Å². The average molecular weight is 439 g/mol. The van der Waals surface area contributed by atoms with Crippen LogP contribution in [0.1, 0.15) is 53.0 Å². The van der Waals surface area contributed by atoms with Crippen molar-refractivity contribution < 1.29 is 14.3 Å². The highest BCUT2D eigenvalue weighted by molar-refractivity contribution is 7.15. The Morgan fingerprint density at radius 1 is 1.29 bits per heavy atom. The minimum Gasteiger partial charge on any atom is -0.494 e. The summed E-state index contributed by atoms with van der Waals surface area (Å²) in [6.45, 7) is 1.97. The van der Waals surface area contributed by atoms with Gasteiger partial charge < -0.3 is 19.8 Å². The largest absolute Gasteiger partial charge is 0.494 e. The van der Waals surface area contributed by atoms with Gasteiger partial charge in [0.2, 0.25) is 5.43 Å². The van der Waals surface area contributed by atoms with Crippen molar-refractivity contribution in [3.63, 3.8) is 0 Å². The number of benzene rings is 1. The Morgan fingerprint density at radius 2 is 2.10 bits per heavy atom. The molecule has 0 amide bonds. The van der Waals surface area contributed by atoms with Gasteiger partial charge in [0.1, 0.15) is 5.56 Å². The monoisotopic (exact) mass is 438 g/mol. The lowest BCUT2D eigenvalue weighted by Gasteiger charge is -2.17. The number of ether oxygens (including phenoxy) is 2. The van der Waals surface area contributed by atoms with Crippen LogP contribution in [0.4, 0.5) is 0 Å². The minimum absolute atomic E-state index is 0.0802. The van der Waals surface area contributed by atoms with E-state index in [1.807, 2.05) is 16.7 Å². The molecule has 1 atom stereocenters. The standard InChI is InChI=1S/C24H26N2O4S/c1-3-30-24(28)18-12-26(15-5-6-15)21-17(22(18)27)8-7-16(23(21)29-2)20-11-13-10-14(25)4-9-19(13)31-20/h7-8,11-12,14-15H,3-6,9-10,25H2,1-2H3. The molecule has 2 aromatic heterocycles. The lowest BCUT2D eigenvalue weighted by atomic mass is 9.94. The Bertz CT molecular complexity index is 1240. The van der Waals surface area contributed by atoms with Gasteiger partial charge in [-0.05, 0) is 62.8 Å². The zero-order valence-electron chi connectivity index (χ0n) is 17.8. The molecule has 1 saturated carbocycles. The number of carbonyl (C=O) groups excluding carboxylic acids is 1. The smallest absolute Gasteiger partial charge is 0.343 e. The van der Waals surface area contributed by atoms with Gasteiger partial charge in [0.15, 0.2) is 5.75 Å². The van der Waals surface area contributed by atoms with E-state index in [9.17, 15) is 9.59 Å². The summed E-state index contributed by atoms with van der Waals surface area (Å²) in [6.07, 6.45) is 6.60. The molecular formula is C24H26N2O4S. The van der Waals surface area contributed by atoms with Crippen LogP contribution in [0, 0.1) is 0 Å². The highest BCUT2D eigenvalue weighted by Crippen LogP contribution is 2.45. The van der Waals surface area contributed by atoms with Crippen LogP contribution in [0.2, 0.25) is 0 Å². The van der Waals surface area contributed by atoms with Gasteiger partial charge in [-0.2, -0.15) is 0 Å². The number of nitrogens with two attached hydrogens (primary N) is 1. The number of rotatable bonds is 5. The first kappa shape index (κ1) is 20.3. The lowest BCUT2D eigenvalue weighted by molar-refractivity contribution is 0.0524. The zero-order chi connectivity index (χ0) is 21.7. The van der Waals surface area contributed by atoms with Gasteiger partial charge in [-0.3, -0.25) is 4.79 Å². The van der Waals surface area contributed by atoms with Gasteiger partial charge in [0.25, 0.3) is 0 Å². The second-order valence-corrected chi connectivity index (χ2v) is 9.47. The van der Waals surface area contributed by atoms with Crippen molar-refractivity contribution in [2.75, 3.05) is 13.7 Å². The fourth-order valence-corrected chi connectivity index (χ4v) is 5.73. The second-order valence-electron chi connectivity index (χ2n) is 8.34. The third-order valence-electron chi connectivity index (χ3n) is 6.17. The fourth-order valence-electron chi connectivity index (χ4n) is 4.50. The summed E-state index contributed by atoms with van der Waals surface area (Å²) >= 11 is 1.78. The molecule has 31 heavy (non-hydrogen) atoms. The molecule has 0 saturated heterocycles. The Labute approximate surface area is 184 Å². The van der Waals surface area contributed by atoms with E-state index in [1.54, 1.807) is 31.6 Å². The normalized spacial score (nSPS) is 18.1. The van der Waals surface area contributed by atoms with Crippen LogP contribution < -0.4 is 15.9 Å². The molecule has 2 aliphatic carbocycles. The first-order valence-electron chi connectivity index (χ1n) is 10.8. The summed E-state index contributed by atoms with van der Waals surface area (Å²) in [5, 5.41) is 0.487. The molecule has 1 fully saturated rings. The maximum atomic E-state index is 13.2. The van der Waals surface area contributed by atoms with E-state index >= 15 is 0 Å². The van der Waals surface area contributed by atoms with Crippen LogP contribution >= 0.6 is 11.3 Å². The number of fused-ring (bicyclic) bond motifs is 2. The molecule has 0 aliphatic heterocycles. The second kappa shape index (κ2) is 7.80. The van der Waals surface area contributed by atoms with Gasteiger partial charge >= 0.3 is 5.97 Å². The summed E-state index contributed by atoms with van der Waals surface area (Å²) in [6, 6.07) is 6.45. The van der Waals surface area contributed by atoms with Gasteiger partial charge in [-0.15, -0.1) is 11.3 Å². The summed E-state index contributed by atoms with van der Waals surface area (Å²) in [5.41, 5.74) is 8.98. The number of esters is 1. The number of aryl methyl sites for hydroxylation is 1. The average Bonchev–Trinajstić information content (AvgIpc) is 3.52. The van der Waals surface area contributed by atoms with Crippen molar-refractivity contribution in [2.45, 2.75) is 51.1 Å². The van der Waals surface area contributed by atoms with Crippen LogP contribution in [-0.2, 0) is 17.6 Å². The van der Waals surface area contributed by atoms with Gasteiger partial charge in [0.05, 0.1) is 24.6 Å². The molecule has 6 nitrogen and oxygen atoms in total. The van der Waals surface area contributed by atoms with E-state index in [0.29, 0.717) is 11.1 Å². The lowest BCUT2D eigenvalue weighted by Crippen LogP contribution is -2.26. The van der Waals surface area contributed by atoms with Gasteiger partial charge in [0, 0.05) is 33.6 Å². The first-order valence-corrected chi connectivity index (χ1v) is 11.6. The number of hydrogen-bond donors (Lipinski definition) is 1. The van der Waals surface area contributed by atoms with E-state index in [1.165, 1.54) is 10.4 Å². The molecule has 5 rings (SSSR count). The van der Waals surface area contributed by atoms with E-state index in [-0.39, 0.29) is 29.7 Å². The van der Waals surface area contributed by atoms with Crippen LogP contribution in [0.25, 0.3) is 21.3 Å². The van der Waals surface area contributed by atoms with Crippen molar-refractivity contribution >= 4 is 28.2 Å². The molecular weight excluding hydrogens is 412 g/mol. The molecule has 2 N–H and O–H groups in total. The predicted octanol–water partition coefficient (Wildman–Crippen LogP) is 4.07. The quantitative estimate of drug-likeness (QED) is 0.607. The van der Waals surface area contributed by atoms with E-state index in [0.717, 1.165) is 48.1 Å². The van der Waals surface area contributed by atoms with Gasteiger partial charge in [-0.25, -0.2) is 4.79 Å². The van der Waals surface area contributed by atoms with Crippen molar-refractivity contribution in [1.29, 1.82) is 0 Å². The predicted molar refractivity (Wildman–Crippen MR) is 122 cm³/mol. The molecule has 162 valence electrons.